The van der Waals surface area contributed by atoms with Gasteiger partial charge in [-0.1, -0.05) is 12.1 Å². The van der Waals surface area contributed by atoms with E-state index in [0.717, 1.165) is 24.6 Å². The molecule has 1 heterocycles. The second-order valence-corrected chi connectivity index (χ2v) is 5.14. The van der Waals surface area contributed by atoms with Crippen LogP contribution in [-0.4, -0.2) is 41.9 Å². The first kappa shape index (κ1) is 12.4. The van der Waals surface area contributed by atoms with Crippen molar-refractivity contribution in [2.24, 2.45) is 0 Å². The molecular weight excluding hydrogens is 239 g/mol. The van der Waals surface area contributed by atoms with Crippen molar-refractivity contribution in [2.75, 3.05) is 36.5 Å². The zero-order valence-corrected chi connectivity index (χ0v) is 10.3. The molecule has 3 nitrogen and oxygen atoms in total. The second kappa shape index (κ2) is 6.02. The Balaban J connectivity index is 1.86. The molecule has 2 rings (SSSR count). The average Bonchev–Trinajstić information content (AvgIpc) is 2.33. The molecule has 1 saturated heterocycles. The summed E-state index contributed by atoms with van der Waals surface area (Å²) >= 11 is 1.90. The highest BCUT2D eigenvalue weighted by atomic mass is 32.2. The number of amides is 1. The van der Waals surface area contributed by atoms with Gasteiger partial charge in [0.1, 0.15) is 5.82 Å². The molecule has 17 heavy (non-hydrogen) atoms. The Kier molecular flexibility index (Phi) is 4.39. The molecule has 0 unspecified atom stereocenters. The molecule has 0 bridgehead atoms. The molecule has 0 aliphatic carbocycles. The van der Waals surface area contributed by atoms with Gasteiger partial charge in [-0.05, 0) is 12.1 Å². The molecule has 1 amide bonds. The van der Waals surface area contributed by atoms with Gasteiger partial charge in [-0.25, -0.2) is 4.39 Å². The predicted molar refractivity (Wildman–Crippen MR) is 68.8 cm³/mol. The topological polar surface area (TPSA) is 32.3 Å². The third-order valence-electron chi connectivity index (χ3n) is 2.62. The van der Waals surface area contributed by atoms with Crippen LogP contribution in [0.3, 0.4) is 0 Å². The first-order valence-electron chi connectivity index (χ1n) is 5.60. The minimum Gasteiger partial charge on any atom is -0.322 e. The van der Waals surface area contributed by atoms with Crippen molar-refractivity contribution in [3.63, 3.8) is 0 Å². The summed E-state index contributed by atoms with van der Waals surface area (Å²) in [4.78, 5) is 13.8. The van der Waals surface area contributed by atoms with Crippen LogP contribution in [0.4, 0.5) is 10.1 Å². The number of halogens is 1. The fourth-order valence-corrected chi connectivity index (χ4v) is 2.69. The molecule has 1 aliphatic heterocycles. The van der Waals surface area contributed by atoms with E-state index < -0.39 is 5.82 Å². The molecule has 0 spiro atoms. The quantitative estimate of drug-likeness (QED) is 0.893. The van der Waals surface area contributed by atoms with Crippen LogP contribution in [-0.2, 0) is 4.79 Å². The maximum absolute atomic E-state index is 13.3. The molecule has 1 aromatic rings. The summed E-state index contributed by atoms with van der Waals surface area (Å²) in [5.74, 6) is 1.58. The Morgan fingerprint density at radius 1 is 1.35 bits per heavy atom. The number of carbonyl (C=O) groups is 1. The van der Waals surface area contributed by atoms with Crippen molar-refractivity contribution >= 4 is 23.4 Å². The zero-order valence-electron chi connectivity index (χ0n) is 9.49. The SMILES string of the molecule is O=C(CN1CCSCC1)Nc1ccccc1F. The van der Waals surface area contributed by atoms with Crippen molar-refractivity contribution in [1.29, 1.82) is 0 Å². The number of benzene rings is 1. The summed E-state index contributed by atoms with van der Waals surface area (Å²) in [5, 5.41) is 2.60. The summed E-state index contributed by atoms with van der Waals surface area (Å²) in [7, 11) is 0. The van der Waals surface area contributed by atoms with Crippen LogP contribution in [0, 0.1) is 5.82 Å². The minimum absolute atomic E-state index is 0.151. The van der Waals surface area contributed by atoms with Crippen molar-refractivity contribution in [2.45, 2.75) is 0 Å². The van der Waals surface area contributed by atoms with Crippen LogP contribution in [0.1, 0.15) is 0 Å². The molecule has 5 heteroatoms. The standard InChI is InChI=1S/C12H15FN2OS/c13-10-3-1-2-4-11(10)14-12(16)9-15-5-7-17-8-6-15/h1-4H,5-9H2,(H,14,16). The van der Waals surface area contributed by atoms with Crippen LogP contribution in [0.2, 0.25) is 0 Å². The van der Waals surface area contributed by atoms with E-state index in [1.54, 1.807) is 18.2 Å². The fourth-order valence-electron chi connectivity index (χ4n) is 1.71. The van der Waals surface area contributed by atoms with Crippen molar-refractivity contribution in [1.82, 2.24) is 4.90 Å². The van der Waals surface area contributed by atoms with Crippen LogP contribution in [0.15, 0.2) is 24.3 Å². The normalized spacial score (nSPS) is 16.8. The monoisotopic (exact) mass is 254 g/mol. The zero-order chi connectivity index (χ0) is 12.1. The minimum atomic E-state index is -0.393. The van der Waals surface area contributed by atoms with Gasteiger partial charge in [-0.2, -0.15) is 11.8 Å². The highest BCUT2D eigenvalue weighted by Crippen LogP contribution is 2.13. The number of anilines is 1. The van der Waals surface area contributed by atoms with Gasteiger partial charge < -0.3 is 5.32 Å². The number of nitrogens with zero attached hydrogens (tertiary/aromatic N) is 1. The summed E-state index contributed by atoms with van der Waals surface area (Å²) in [6.07, 6.45) is 0. The van der Waals surface area contributed by atoms with Gasteiger partial charge in [-0.15, -0.1) is 0 Å². The Morgan fingerprint density at radius 3 is 2.76 bits per heavy atom. The third-order valence-corrected chi connectivity index (χ3v) is 3.56. The predicted octanol–water partition coefficient (Wildman–Crippen LogP) is 1.81. The fraction of sp³-hybridized carbons (Fsp3) is 0.417. The Hall–Kier alpha value is -1.07. The lowest BCUT2D eigenvalue weighted by Gasteiger charge is -2.25. The molecule has 1 fully saturated rings. The highest BCUT2D eigenvalue weighted by Gasteiger charge is 2.14. The molecule has 0 saturated carbocycles. The first-order valence-corrected chi connectivity index (χ1v) is 6.75. The van der Waals surface area contributed by atoms with Crippen molar-refractivity contribution < 1.29 is 9.18 Å². The van der Waals surface area contributed by atoms with Crippen LogP contribution >= 0.6 is 11.8 Å². The molecular formula is C12H15FN2OS. The van der Waals surface area contributed by atoms with E-state index in [-0.39, 0.29) is 11.6 Å². The largest absolute Gasteiger partial charge is 0.322 e. The van der Waals surface area contributed by atoms with E-state index in [1.807, 2.05) is 11.8 Å². The number of hydrogen-bond acceptors (Lipinski definition) is 3. The summed E-state index contributed by atoms with van der Waals surface area (Å²) in [5.41, 5.74) is 0.254. The van der Waals surface area contributed by atoms with E-state index in [1.165, 1.54) is 6.07 Å². The Bertz CT molecular complexity index is 394. The molecule has 1 N–H and O–H groups in total. The van der Waals surface area contributed by atoms with E-state index in [9.17, 15) is 9.18 Å². The Labute approximate surface area is 104 Å². The van der Waals surface area contributed by atoms with E-state index in [0.29, 0.717) is 6.54 Å². The van der Waals surface area contributed by atoms with Crippen molar-refractivity contribution in [3.05, 3.63) is 30.1 Å². The molecule has 92 valence electrons. The molecule has 0 radical (unpaired) electrons. The van der Waals surface area contributed by atoms with Gasteiger partial charge in [0.25, 0.3) is 0 Å². The van der Waals surface area contributed by atoms with Gasteiger partial charge in [0.05, 0.1) is 12.2 Å². The number of para-hydroxylation sites is 1. The number of nitrogens with one attached hydrogen (secondary N) is 1. The second-order valence-electron chi connectivity index (χ2n) is 3.92. The van der Waals surface area contributed by atoms with Gasteiger partial charge in [0.2, 0.25) is 5.91 Å². The van der Waals surface area contributed by atoms with Gasteiger partial charge in [0.15, 0.2) is 0 Å². The van der Waals surface area contributed by atoms with Crippen LogP contribution < -0.4 is 5.32 Å². The molecule has 0 aromatic heterocycles. The van der Waals surface area contributed by atoms with Gasteiger partial charge in [-0.3, -0.25) is 9.69 Å². The van der Waals surface area contributed by atoms with E-state index in [2.05, 4.69) is 10.2 Å². The van der Waals surface area contributed by atoms with Crippen LogP contribution in [0.25, 0.3) is 0 Å². The number of hydrogen-bond donors (Lipinski definition) is 1. The lowest BCUT2D eigenvalue weighted by Crippen LogP contribution is -2.38. The Morgan fingerprint density at radius 2 is 2.06 bits per heavy atom. The summed E-state index contributed by atoms with van der Waals surface area (Å²) in [6.45, 7) is 2.19. The smallest absolute Gasteiger partial charge is 0.238 e. The maximum Gasteiger partial charge on any atom is 0.238 e. The molecule has 1 aromatic carbocycles. The average molecular weight is 254 g/mol. The summed E-state index contributed by atoms with van der Waals surface area (Å²) < 4.78 is 13.3. The van der Waals surface area contributed by atoms with Gasteiger partial charge in [0, 0.05) is 24.6 Å². The number of thioether (sulfide) groups is 1. The maximum atomic E-state index is 13.3. The number of carbonyl (C=O) groups excluding carboxylic acids is 1. The number of rotatable bonds is 3. The molecule has 0 atom stereocenters. The lowest BCUT2D eigenvalue weighted by molar-refractivity contribution is -0.117. The van der Waals surface area contributed by atoms with E-state index in [4.69, 9.17) is 0 Å². The van der Waals surface area contributed by atoms with Crippen molar-refractivity contribution in [3.8, 4) is 0 Å². The summed E-state index contributed by atoms with van der Waals surface area (Å²) in [6, 6.07) is 6.22. The highest BCUT2D eigenvalue weighted by molar-refractivity contribution is 7.99. The first-order chi connectivity index (χ1) is 8.25. The van der Waals surface area contributed by atoms with E-state index >= 15 is 0 Å². The molecule has 1 aliphatic rings. The van der Waals surface area contributed by atoms with Crippen LogP contribution in [0.5, 0.6) is 0 Å². The van der Waals surface area contributed by atoms with Gasteiger partial charge >= 0.3 is 0 Å². The lowest BCUT2D eigenvalue weighted by atomic mass is 10.3. The third kappa shape index (κ3) is 3.71.